The van der Waals surface area contributed by atoms with Crippen LogP contribution in [0.25, 0.3) is 0 Å². The first kappa shape index (κ1) is 28.1. The Hall–Kier alpha value is 0.970. The van der Waals surface area contributed by atoms with E-state index in [1.165, 1.54) is 45.4 Å². The Labute approximate surface area is 279 Å². The number of hydrogen-bond donors (Lipinski definition) is 0. The maximum Gasteiger partial charge on any atom is 1.00 e. The minimum atomic E-state index is -5.75. The predicted octanol–water partition coefficient (Wildman–Crippen LogP) is 1.35. The zero-order chi connectivity index (χ0) is 31.4. The van der Waals surface area contributed by atoms with Crippen molar-refractivity contribution in [1.29, 1.82) is 0 Å². The van der Waals surface area contributed by atoms with Gasteiger partial charge < -0.3 is 23.6 Å². The van der Waals surface area contributed by atoms with Crippen molar-refractivity contribution in [2.24, 2.45) is 17.8 Å². The molecule has 1 aliphatic rings. The Bertz CT molecular complexity index is 1080. The second-order valence-electron chi connectivity index (χ2n) is 11.5. The van der Waals surface area contributed by atoms with Crippen LogP contribution in [0.15, 0.2) is 0 Å². The summed E-state index contributed by atoms with van der Waals surface area (Å²) in [6.45, 7) is 6.66. The average molecular weight is 561 g/mol. The normalized spacial score (nSPS) is 21.9. The van der Waals surface area contributed by atoms with E-state index >= 15 is 0 Å². The van der Waals surface area contributed by atoms with Gasteiger partial charge in [0.15, 0.2) is 0 Å². The molecule has 37 heavy (non-hydrogen) atoms. The fraction of sp³-hybridized carbons (Fsp3) is 0.793. The number of phosphoric acid groups is 1. The number of benzene rings is 1. The Kier molecular flexibility index (Phi) is 13.0. The number of hydrogen-bond acceptors (Lipinski definition) is 5. The maximum atomic E-state index is 11.5. The monoisotopic (exact) mass is 560 g/mol. The second-order valence-corrected chi connectivity index (χ2v) is 12.5. The van der Waals surface area contributed by atoms with Crippen molar-refractivity contribution in [2.75, 3.05) is 0 Å². The third kappa shape index (κ3) is 12.6. The van der Waals surface area contributed by atoms with Crippen molar-refractivity contribution < 1.29 is 91.0 Å². The number of fused-ring (bicyclic) bond motifs is 1. The Morgan fingerprint density at radius 2 is 1.49 bits per heavy atom. The molecule has 0 aromatic heterocycles. The molecule has 3 atom stereocenters. The van der Waals surface area contributed by atoms with Crippen molar-refractivity contribution in [1.82, 2.24) is 0 Å². The molecule has 0 spiro atoms. The molecule has 0 bridgehead atoms. The van der Waals surface area contributed by atoms with Gasteiger partial charge in [0.2, 0.25) is 0 Å². The van der Waals surface area contributed by atoms with E-state index in [0.717, 1.165) is 24.7 Å². The standard InChI is InChI=1S/C29H51O5P.2Na/c1-20(2)12-9-13-21(3)14-10-15-22(4)16-11-18-29(8)19-17-26-25(7)27(34-35(30,31)32)23(5)24(6)28(26)33-29;;/h20-22H,9-19H2,1-8H3,(H2,30,31,32);;/q;2*+1/p-2/t21-,22-,29-;;/m1../s1/i5D3,7D3;;. The first-order valence-electron chi connectivity index (χ1n) is 16.3. The van der Waals surface area contributed by atoms with Gasteiger partial charge in [0.1, 0.15) is 24.9 Å². The minimum absolute atomic E-state index is 0. The van der Waals surface area contributed by atoms with Crippen LogP contribution in [0.3, 0.4) is 0 Å². The molecule has 8 heteroatoms. The van der Waals surface area contributed by atoms with Crippen molar-refractivity contribution >= 4 is 7.82 Å². The van der Waals surface area contributed by atoms with Gasteiger partial charge in [-0.1, -0.05) is 72.6 Å². The summed E-state index contributed by atoms with van der Waals surface area (Å²) in [4.78, 5) is 23.1. The van der Waals surface area contributed by atoms with E-state index in [2.05, 4.69) is 32.2 Å². The van der Waals surface area contributed by atoms with Crippen LogP contribution in [0.5, 0.6) is 11.5 Å². The summed E-state index contributed by atoms with van der Waals surface area (Å²) < 4.78 is 70.6. The summed E-state index contributed by atoms with van der Waals surface area (Å²) in [7, 11) is -5.75. The maximum absolute atomic E-state index is 11.5. The van der Waals surface area contributed by atoms with Crippen molar-refractivity contribution in [3.63, 3.8) is 0 Å². The van der Waals surface area contributed by atoms with Crippen LogP contribution in [0, 0.1) is 38.4 Å². The topological polar surface area (TPSA) is 81.7 Å². The first-order valence-corrected chi connectivity index (χ1v) is 14.7. The molecule has 0 radical (unpaired) electrons. The molecule has 202 valence electrons. The fourth-order valence-corrected chi connectivity index (χ4v) is 5.54. The van der Waals surface area contributed by atoms with Gasteiger partial charge in [0.05, 0.1) is 0 Å². The van der Waals surface area contributed by atoms with E-state index < -0.39 is 44.0 Å². The molecule has 0 aliphatic carbocycles. The van der Waals surface area contributed by atoms with Crippen LogP contribution < -0.4 is 78.2 Å². The zero-order valence-electron chi connectivity index (χ0n) is 30.5. The molecule has 0 saturated carbocycles. The summed E-state index contributed by atoms with van der Waals surface area (Å²) in [5.41, 5.74) is -1.60. The summed E-state index contributed by atoms with van der Waals surface area (Å²) in [6, 6.07) is 0. The average Bonchev–Trinajstić information content (AvgIpc) is 2.76. The second kappa shape index (κ2) is 17.0. The van der Waals surface area contributed by atoms with Gasteiger partial charge in [-0.2, -0.15) is 0 Å². The minimum Gasteiger partial charge on any atom is -0.780 e. The molecule has 5 nitrogen and oxygen atoms in total. The van der Waals surface area contributed by atoms with Gasteiger partial charge >= 0.3 is 59.1 Å². The van der Waals surface area contributed by atoms with Crippen LogP contribution in [0.4, 0.5) is 0 Å². The Morgan fingerprint density at radius 3 is 2.00 bits per heavy atom. The van der Waals surface area contributed by atoms with Crippen LogP contribution in [-0.2, 0) is 11.0 Å². The molecule has 0 saturated heterocycles. The van der Waals surface area contributed by atoms with Gasteiger partial charge in [-0.15, -0.1) is 0 Å². The van der Waals surface area contributed by atoms with E-state index in [1.54, 1.807) is 0 Å². The van der Waals surface area contributed by atoms with Crippen molar-refractivity contribution in [2.45, 2.75) is 131 Å². The van der Waals surface area contributed by atoms with Gasteiger partial charge in [-0.25, -0.2) is 0 Å². The van der Waals surface area contributed by atoms with Gasteiger partial charge in [0.25, 0.3) is 0 Å². The van der Waals surface area contributed by atoms with E-state index in [-0.39, 0.29) is 82.4 Å². The number of ether oxygens (including phenoxy) is 1. The molecule has 1 heterocycles. The summed E-state index contributed by atoms with van der Waals surface area (Å²) in [6.07, 6.45) is 10.8. The van der Waals surface area contributed by atoms with E-state index in [0.29, 0.717) is 18.8 Å². The summed E-state index contributed by atoms with van der Waals surface area (Å²) in [5.74, 6) is 1.30. The first-order chi connectivity index (χ1) is 18.6. The molecular formula is C29H49Na2O5P. The smallest absolute Gasteiger partial charge is 0.780 e. The van der Waals surface area contributed by atoms with E-state index in [1.807, 2.05) is 6.92 Å². The summed E-state index contributed by atoms with van der Waals surface area (Å²) in [5, 5.41) is 0. The molecule has 0 N–H and O–H groups in total. The molecule has 1 aliphatic heterocycles. The van der Waals surface area contributed by atoms with Crippen molar-refractivity contribution in [3.8, 4) is 11.5 Å². The van der Waals surface area contributed by atoms with Crippen LogP contribution in [-0.4, -0.2) is 5.60 Å². The van der Waals surface area contributed by atoms with Gasteiger partial charge in [0, 0.05) is 13.8 Å². The Morgan fingerprint density at radius 1 is 0.946 bits per heavy atom. The molecule has 2 rings (SSSR count). The molecule has 0 fully saturated rings. The van der Waals surface area contributed by atoms with Gasteiger partial charge in [-0.3, -0.25) is 0 Å². The fourth-order valence-electron chi connectivity index (χ4n) is 5.13. The largest absolute Gasteiger partial charge is 1.00 e. The van der Waals surface area contributed by atoms with Crippen LogP contribution >= 0.6 is 7.82 Å². The number of phosphoric ester groups is 1. The zero-order valence-corrected chi connectivity index (χ0v) is 29.4. The van der Waals surface area contributed by atoms with E-state index in [9.17, 15) is 14.4 Å². The molecule has 1 aromatic carbocycles. The summed E-state index contributed by atoms with van der Waals surface area (Å²) >= 11 is 0. The third-order valence-corrected chi connectivity index (χ3v) is 7.88. The van der Waals surface area contributed by atoms with Crippen LogP contribution in [0.1, 0.15) is 129 Å². The Balaban J connectivity index is 0.00000882. The quantitative estimate of drug-likeness (QED) is 0.254. The van der Waals surface area contributed by atoms with Gasteiger partial charge in [-0.05, 0) is 87.7 Å². The van der Waals surface area contributed by atoms with E-state index in [4.69, 9.17) is 13.0 Å². The number of rotatable bonds is 14. The molecule has 1 aromatic rings. The predicted molar refractivity (Wildman–Crippen MR) is 141 cm³/mol. The molecular weight excluding hydrogens is 505 g/mol. The molecule has 0 unspecified atom stereocenters. The molecule has 0 amide bonds. The third-order valence-electron chi connectivity index (χ3n) is 7.48. The van der Waals surface area contributed by atoms with Crippen molar-refractivity contribution in [3.05, 3.63) is 22.3 Å². The SMILES string of the molecule is [2H]C([2H])([2H])c1c(C)c2c(c(C([2H])([2H])[2H])c1OP(=O)([O-])[O-])CC[C@@](C)(CCC[C@H](C)CCC[C@H](C)CCCC(C)C)O2.[Na+].[Na+]. The van der Waals surface area contributed by atoms with Crippen LogP contribution in [0.2, 0.25) is 0 Å².